The number of Topliss-reactive ketones (excluding diaryl/α,β-unsaturated/α-hetero) is 1. The molecule has 1 fully saturated rings. The van der Waals surface area contributed by atoms with Crippen LogP contribution in [0.25, 0.3) is 0 Å². The van der Waals surface area contributed by atoms with E-state index in [0.29, 0.717) is 5.78 Å². The molecule has 0 spiro atoms. The maximum atomic E-state index is 12.7. The molecule has 0 bridgehead atoms. The second kappa shape index (κ2) is 8.63. The van der Waals surface area contributed by atoms with Gasteiger partial charge in [0.05, 0.1) is 5.41 Å². The van der Waals surface area contributed by atoms with E-state index in [2.05, 4.69) is 43.3 Å². The van der Waals surface area contributed by atoms with E-state index in [1.165, 1.54) is 44.1 Å². The Balaban J connectivity index is 2.18. The lowest BCUT2D eigenvalue weighted by Crippen LogP contribution is -2.38. The molecule has 0 saturated heterocycles. The zero-order chi connectivity index (χ0) is 16.7. The van der Waals surface area contributed by atoms with E-state index < -0.39 is 0 Å². The molecule has 1 aliphatic rings. The number of nitrogens with zero attached hydrogens (tertiary/aromatic N) is 1. The molecular formula is C21H33NO. The van der Waals surface area contributed by atoms with Gasteiger partial charge >= 0.3 is 0 Å². The summed E-state index contributed by atoms with van der Waals surface area (Å²) in [5, 5.41) is 0. The van der Waals surface area contributed by atoms with Crippen LogP contribution in [-0.2, 0) is 10.2 Å². The molecule has 0 amide bonds. The molecule has 1 atom stereocenters. The number of carbonyl (C=O) groups is 1. The van der Waals surface area contributed by atoms with Crippen LogP contribution in [0, 0.1) is 5.92 Å². The summed E-state index contributed by atoms with van der Waals surface area (Å²) in [7, 11) is 4.19. The molecule has 0 N–H and O–H groups in total. The summed E-state index contributed by atoms with van der Waals surface area (Å²) in [6.07, 6.45) is 9.99. The van der Waals surface area contributed by atoms with Crippen molar-refractivity contribution in [3.8, 4) is 0 Å². The average Bonchev–Trinajstić information content (AvgIpc) is 2.56. The van der Waals surface area contributed by atoms with Gasteiger partial charge in [0.15, 0.2) is 0 Å². The van der Waals surface area contributed by atoms with Gasteiger partial charge in [-0.25, -0.2) is 0 Å². The Bertz CT molecular complexity index is 476. The van der Waals surface area contributed by atoms with Crippen LogP contribution >= 0.6 is 0 Å². The smallest absolute Gasteiger partial charge is 0.140 e. The van der Waals surface area contributed by atoms with Crippen molar-refractivity contribution in [3.05, 3.63) is 35.9 Å². The lowest BCUT2D eigenvalue weighted by Gasteiger charge is -2.35. The van der Waals surface area contributed by atoms with Crippen molar-refractivity contribution < 1.29 is 4.79 Å². The predicted molar refractivity (Wildman–Crippen MR) is 97.8 cm³/mol. The van der Waals surface area contributed by atoms with E-state index in [9.17, 15) is 4.79 Å². The summed E-state index contributed by atoms with van der Waals surface area (Å²) in [6.45, 7) is 2.75. The Morgan fingerprint density at radius 3 is 2.30 bits per heavy atom. The largest absolute Gasteiger partial charge is 0.309 e. The maximum Gasteiger partial charge on any atom is 0.140 e. The van der Waals surface area contributed by atoms with E-state index in [1.807, 2.05) is 6.07 Å². The molecular weight excluding hydrogens is 282 g/mol. The lowest BCUT2D eigenvalue weighted by atomic mass is 9.69. The SMILES string of the molecule is CC(=O)C(CCC1CCCCC1)(CCN(C)C)c1ccccc1. The molecule has 0 aliphatic heterocycles. The van der Waals surface area contributed by atoms with Crippen LogP contribution in [0.3, 0.4) is 0 Å². The molecule has 128 valence electrons. The number of rotatable bonds is 8. The zero-order valence-electron chi connectivity index (χ0n) is 15.2. The van der Waals surface area contributed by atoms with E-state index in [4.69, 9.17) is 0 Å². The molecule has 2 nitrogen and oxygen atoms in total. The Morgan fingerprint density at radius 2 is 1.74 bits per heavy atom. The quantitative estimate of drug-likeness (QED) is 0.685. The monoisotopic (exact) mass is 315 g/mol. The third-order valence-electron chi connectivity index (χ3n) is 5.69. The minimum Gasteiger partial charge on any atom is -0.309 e. The van der Waals surface area contributed by atoms with Crippen molar-refractivity contribution in [2.45, 2.75) is 63.7 Å². The summed E-state index contributed by atoms with van der Waals surface area (Å²) in [5.74, 6) is 1.16. The van der Waals surface area contributed by atoms with Crippen LogP contribution in [-0.4, -0.2) is 31.3 Å². The van der Waals surface area contributed by atoms with Crippen molar-refractivity contribution in [1.82, 2.24) is 4.90 Å². The molecule has 2 heteroatoms. The van der Waals surface area contributed by atoms with Crippen LogP contribution < -0.4 is 0 Å². The molecule has 1 aromatic rings. The number of ketones is 1. The first-order valence-electron chi connectivity index (χ1n) is 9.26. The number of benzene rings is 1. The van der Waals surface area contributed by atoms with Gasteiger partial charge in [0, 0.05) is 0 Å². The Kier molecular flexibility index (Phi) is 6.83. The van der Waals surface area contributed by atoms with Gasteiger partial charge in [0.2, 0.25) is 0 Å². The van der Waals surface area contributed by atoms with Crippen LogP contribution in [0.5, 0.6) is 0 Å². The van der Waals surface area contributed by atoms with Crippen molar-refractivity contribution in [2.75, 3.05) is 20.6 Å². The Hall–Kier alpha value is -1.15. The van der Waals surface area contributed by atoms with E-state index in [-0.39, 0.29) is 5.41 Å². The third-order valence-corrected chi connectivity index (χ3v) is 5.69. The summed E-state index contributed by atoms with van der Waals surface area (Å²) >= 11 is 0. The molecule has 0 aromatic heterocycles. The van der Waals surface area contributed by atoms with Gasteiger partial charge in [-0.15, -0.1) is 0 Å². The fraction of sp³-hybridized carbons (Fsp3) is 0.667. The first-order valence-corrected chi connectivity index (χ1v) is 9.26. The molecule has 23 heavy (non-hydrogen) atoms. The second-order valence-electron chi connectivity index (χ2n) is 7.60. The zero-order valence-corrected chi connectivity index (χ0v) is 15.2. The highest BCUT2D eigenvalue weighted by atomic mass is 16.1. The highest BCUT2D eigenvalue weighted by Crippen LogP contribution is 2.38. The van der Waals surface area contributed by atoms with E-state index >= 15 is 0 Å². The first-order chi connectivity index (χ1) is 11.0. The highest BCUT2D eigenvalue weighted by molar-refractivity contribution is 5.88. The summed E-state index contributed by atoms with van der Waals surface area (Å²) in [6, 6.07) is 10.5. The standard InChI is InChI=1S/C21H33NO/c1-18(23)21(16-17-22(2)3,20-12-8-5-9-13-20)15-14-19-10-6-4-7-11-19/h5,8-9,12-13,19H,4,6-7,10-11,14-17H2,1-3H3. The van der Waals surface area contributed by atoms with Gasteiger partial charge in [-0.1, -0.05) is 62.4 Å². The molecule has 1 aliphatic carbocycles. The number of hydrogen-bond donors (Lipinski definition) is 0. The van der Waals surface area contributed by atoms with E-state index in [1.54, 1.807) is 6.92 Å². The predicted octanol–water partition coefficient (Wildman–Crippen LogP) is 4.83. The maximum absolute atomic E-state index is 12.7. The van der Waals surface area contributed by atoms with Crippen LogP contribution in [0.1, 0.15) is 63.9 Å². The fourth-order valence-electron chi connectivity index (χ4n) is 4.07. The van der Waals surface area contributed by atoms with Crippen molar-refractivity contribution >= 4 is 5.78 Å². The van der Waals surface area contributed by atoms with Gasteiger partial charge in [0.25, 0.3) is 0 Å². The second-order valence-corrected chi connectivity index (χ2v) is 7.60. The van der Waals surface area contributed by atoms with Crippen molar-refractivity contribution in [2.24, 2.45) is 5.92 Å². The molecule has 2 rings (SSSR count). The molecule has 1 saturated carbocycles. The van der Waals surface area contributed by atoms with Gasteiger partial charge in [-0.05, 0) is 58.3 Å². The minimum absolute atomic E-state index is 0.303. The van der Waals surface area contributed by atoms with Crippen LogP contribution in [0.4, 0.5) is 0 Å². The summed E-state index contributed by atoms with van der Waals surface area (Å²) < 4.78 is 0. The van der Waals surface area contributed by atoms with Gasteiger partial charge in [0.1, 0.15) is 5.78 Å². The minimum atomic E-state index is -0.303. The molecule has 0 heterocycles. The highest BCUT2D eigenvalue weighted by Gasteiger charge is 2.37. The van der Waals surface area contributed by atoms with Gasteiger partial charge in [-0.3, -0.25) is 4.79 Å². The number of hydrogen-bond acceptors (Lipinski definition) is 2. The van der Waals surface area contributed by atoms with Crippen molar-refractivity contribution in [3.63, 3.8) is 0 Å². The van der Waals surface area contributed by atoms with Crippen LogP contribution in [0.15, 0.2) is 30.3 Å². The van der Waals surface area contributed by atoms with Crippen molar-refractivity contribution in [1.29, 1.82) is 0 Å². The van der Waals surface area contributed by atoms with Gasteiger partial charge < -0.3 is 4.90 Å². The average molecular weight is 316 g/mol. The molecule has 0 radical (unpaired) electrons. The number of carbonyl (C=O) groups excluding carboxylic acids is 1. The summed E-state index contributed by atoms with van der Waals surface area (Å²) in [4.78, 5) is 14.9. The van der Waals surface area contributed by atoms with Crippen LogP contribution in [0.2, 0.25) is 0 Å². The lowest BCUT2D eigenvalue weighted by molar-refractivity contribution is -0.123. The van der Waals surface area contributed by atoms with E-state index in [0.717, 1.165) is 25.3 Å². The molecule has 1 aromatic carbocycles. The molecule has 1 unspecified atom stereocenters. The third kappa shape index (κ3) is 4.91. The summed E-state index contributed by atoms with van der Waals surface area (Å²) in [5.41, 5.74) is 0.911. The normalized spacial score (nSPS) is 18.8. The first kappa shape index (κ1) is 18.2. The Labute approximate surface area is 142 Å². The fourth-order valence-corrected chi connectivity index (χ4v) is 4.07. The topological polar surface area (TPSA) is 20.3 Å². The Morgan fingerprint density at radius 1 is 1.09 bits per heavy atom. The van der Waals surface area contributed by atoms with Gasteiger partial charge in [-0.2, -0.15) is 0 Å².